The highest BCUT2D eigenvalue weighted by atomic mass is 19.4. The number of halogens is 10. The molecule has 0 spiro atoms. The zero-order valence-electron chi connectivity index (χ0n) is 49.8. The molecule has 4 N–H and O–H groups in total. The van der Waals surface area contributed by atoms with Crippen LogP contribution in [-0.2, 0) is 46.4 Å². The van der Waals surface area contributed by atoms with E-state index in [2.05, 4.69) is 51.6 Å². The van der Waals surface area contributed by atoms with Gasteiger partial charge in [0.2, 0.25) is 11.9 Å². The number of anilines is 1. The summed E-state index contributed by atoms with van der Waals surface area (Å²) in [6.45, 7) is 1.77. The predicted molar refractivity (Wildman–Crippen MR) is 299 cm³/mol. The molecule has 480 valence electrons. The van der Waals surface area contributed by atoms with Gasteiger partial charge in [0.25, 0.3) is 0 Å². The fraction of sp³-hybridized carbons (Fsp3) is 0.567. The minimum atomic E-state index is -5.21. The van der Waals surface area contributed by atoms with E-state index < -0.39 is 145 Å². The second kappa shape index (κ2) is 28.0. The molecule has 2 aromatic heterocycles. The van der Waals surface area contributed by atoms with Crippen molar-refractivity contribution in [2.45, 2.75) is 155 Å². The number of ether oxygens (including phenoxy) is 3. The van der Waals surface area contributed by atoms with Crippen molar-refractivity contribution in [3.63, 3.8) is 0 Å². The third kappa shape index (κ3) is 16.1. The minimum Gasteiger partial charge on any atom is -0.469 e. The maximum absolute atomic E-state index is 16.4. The van der Waals surface area contributed by atoms with Crippen molar-refractivity contribution >= 4 is 35.7 Å². The lowest BCUT2D eigenvalue weighted by molar-refractivity contribution is -0.231. The summed E-state index contributed by atoms with van der Waals surface area (Å²) in [5, 5.41) is 6.18. The maximum Gasteiger partial charge on any atom is 0.407 e. The molecule has 2 saturated heterocycles. The third-order valence-corrected chi connectivity index (χ3v) is 17.0. The molecule has 7 atom stereocenters. The number of hydrogen-bond acceptors (Lipinski definition) is 15. The number of nitrogens with two attached hydrogens (primary N) is 1. The number of nitrogens with one attached hydrogen (secondary N) is 2. The standard InChI is InChI=1S/C60H72F10N10O8/c1-33(2)50(71)53(84)88-48(32-78(76-52(83)43(26-49(82)86-7)57(3,4)59(65,66)67)31-42-44(61)23-37(24-45(42)62)46-20-21-79(75-46)54(63)64)38(25-47(81)51(74-56(85)87-8)58(5,6)60(68,69)70)22-35-15-12-34(13-16-35)14-17-36-27-72-55(73-28-36)77-29-40-18-19-41(30-77)80(40)39-10-9-11-39/h12-13,15-16,20-21,23-24,27-28,33,38-41,43,48,50-51,54H,9-11,18-19,22,25-26,29-32,71H2,1-8H3,(H,74,85)(H,76,83)/t38-,40?,41?,43-,48+,50+,51-/m1/s1. The summed E-state index contributed by atoms with van der Waals surface area (Å²) in [6.07, 6.45) is -6.45. The number of hydrogen-bond donors (Lipinski definition) is 3. The number of nitrogens with zero attached hydrogens (tertiary/aromatic N) is 7. The molecule has 3 aliphatic rings. The molecule has 18 nitrogen and oxygen atoms in total. The van der Waals surface area contributed by atoms with Crippen molar-refractivity contribution in [2.24, 2.45) is 34.3 Å². The summed E-state index contributed by atoms with van der Waals surface area (Å²) < 4.78 is 164. The first-order chi connectivity index (χ1) is 41.2. The number of ketones is 1. The molecule has 28 heteroatoms. The molecular weight excluding hydrogens is 1180 g/mol. The summed E-state index contributed by atoms with van der Waals surface area (Å²) >= 11 is 0. The fourth-order valence-corrected chi connectivity index (χ4v) is 11.0. The number of amides is 2. The highest BCUT2D eigenvalue weighted by molar-refractivity contribution is 5.89. The van der Waals surface area contributed by atoms with E-state index in [9.17, 15) is 59.1 Å². The van der Waals surface area contributed by atoms with Crippen LogP contribution in [0.2, 0.25) is 0 Å². The number of piperazine rings is 1. The maximum atomic E-state index is 16.4. The number of alkyl halides is 8. The predicted octanol–water partition coefficient (Wildman–Crippen LogP) is 9.25. The Hall–Kier alpha value is -7.38. The number of rotatable bonds is 24. The van der Waals surface area contributed by atoms with E-state index in [0.717, 1.165) is 52.4 Å². The number of methoxy groups -OCH3 is 2. The Bertz CT molecular complexity index is 3150. The van der Waals surface area contributed by atoms with Crippen LogP contribution < -0.4 is 21.4 Å². The fourth-order valence-electron chi connectivity index (χ4n) is 11.0. The molecule has 3 fully saturated rings. The number of carbonyl (C=O) groups is 5. The van der Waals surface area contributed by atoms with Crippen molar-refractivity contribution in [3.8, 4) is 23.1 Å². The van der Waals surface area contributed by atoms with Gasteiger partial charge in [-0.25, -0.2) is 33.2 Å². The van der Waals surface area contributed by atoms with Gasteiger partial charge in [0.05, 0.1) is 55.2 Å². The van der Waals surface area contributed by atoms with Crippen LogP contribution >= 0.6 is 0 Å². The summed E-state index contributed by atoms with van der Waals surface area (Å²) in [5.74, 6) is -6.28. The highest BCUT2D eigenvalue weighted by Gasteiger charge is 2.57. The van der Waals surface area contributed by atoms with Crippen LogP contribution in [0.3, 0.4) is 0 Å². The number of benzene rings is 2. The quantitative estimate of drug-likeness (QED) is 0.0196. The first kappa shape index (κ1) is 68.1. The van der Waals surface area contributed by atoms with E-state index in [4.69, 9.17) is 10.5 Å². The van der Waals surface area contributed by atoms with Gasteiger partial charge in [-0.15, -0.1) is 0 Å². The monoisotopic (exact) mass is 1250 g/mol. The third-order valence-electron chi connectivity index (χ3n) is 17.0. The van der Waals surface area contributed by atoms with Crippen LogP contribution in [0.1, 0.15) is 115 Å². The first-order valence-electron chi connectivity index (χ1n) is 28.6. The van der Waals surface area contributed by atoms with E-state index >= 15 is 8.78 Å². The number of Topliss-reactive ketones (excluding diaryl/α,β-unsaturated/α-hetero) is 1. The van der Waals surface area contributed by atoms with Gasteiger partial charge in [-0.1, -0.05) is 58.1 Å². The van der Waals surface area contributed by atoms with Gasteiger partial charge < -0.3 is 30.2 Å². The molecule has 0 radical (unpaired) electrons. The lowest BCUT2D eigenvalue weighted by Crippen LogP contribution is -2.59. The van der Waals surface area contributed by atoms with E-state index in [-0.39, 0.29) is 15.9 Å². The first-order valence-corrected chi connectivity index (χ1v) is 28.6. The smallest absolute Gasteiger partial charge is 0.407 e. The lowest BCUT2D eigenvalue weighted by atomic mass is 9.75. The summed E-state index contributed by atoms with van der Waals surface area (Å²) in [4.78, 5) is 82.7. The zero-order valence-corrected chi connectivity index (χ0v) is 49.8. The van der Waals surface area contributed by atoms with E-state index in [1.54, 1.807) is 24.5 Å². The van der Waals surface area contributed by atoms with Gasteiger partial charge in [-0.3, -0.25) is 29.5 Å². The molecule has 2 bridgehead atoms. The van der Waals surface area contributed by atoms with Gasteiger partial charge in [0, 0.05) is 85.4 Å². The Labute approximate surface area is 502 Å². The average Bonchev–Trinajstić information content (AvgIpc) is 1.49. The molecule has 2 aromatic carbocycles. The normalized spacial score (nSPS) is 18.4. The molecule has 2 unspecified atom stereocenters. The Morgan fingerprint density at radius 3 is 1.90 bits per heavy atom. The summed E-state index contributed by atoms with van der Waals surface area (Å²) in [7, 11) is 1.68. The van der Waals surface area contributed by atoms with Gasteiger partial charge in [0.1, 0.15) is 29.8 Å². The topological polar surface area (TPSA) is 216 Å². The van der Waals surface area contributed by atoms with E-state index in [0.29, 0.717) is 85.6 Å². The summed E-state index contributed by atoms with van der Waals surface area (Å²) in [6, 6.07) is 6.17. The number of alkyl carbamates (subject to hydrolysis) is 1. The molecule has 7 rings (SSSR count). The second-order valence-electron chi connectivity index (χ2n) is 24.0. The lowest BCUT2D eigenvalue weighted by Gasteiger charge is -2.48. The number of hydrazine groups is 1. The Balaban J connectivity index is 1.28. The molecule has 4 aromatic rings. The van der Waals surface area contributed by atoms with Crippen molar-refractivity contribution in [2.75, 3.05) is 38.8 Å². The van der Waals surface area contributed by atoms with Crippen molar-refractivity contribution < 1.29 is 82.1 Å². The van der Waals surface area contributed by atoms with Gasteiger partial charge in [0.15, 0.2) is 5.78 Å². The summed E-state index contributed by atoms with van der Waals surface area (Å²) in [5.41, 5.74) is 1.94. The van der Waals surface area contributed by atoms with Gasteiger partial charge >= 0.3 is 36.9 Å². The van der Waals surface area contributed by atoms with Crippen LogP contribution in [-0.4, -0.2) is 142 Å². The SMILES string of the molecule is COC(=O)C[C@H](C(=O)NN(Cc1c(F)cc(-c2ccn(C(F)F)n2)cc1F)C[C@H](OC(=O)[C@@H](N)C(C)C)[C@@H](CC(=O)[C@@H](NC(=O)OC)C(C)(C)C(F)(F)F)Cc1ccc(C#Cc2cnc(N3CC4CCC(C3)N4C3CCC3)nc2)cc1)C(C)(C)C(F)(F)F. The van der Waals surface area contributed by atoms with Crippen molar-refractivity contribution in [1.29, 1.82) is 0 Å². The molecule has 4 heterocycles. The van der Waals surface area contributed by atoms with Crippen LogP contribution in [0.4, 0.5) is 54.6 Å². The molecule has 88 heavy (non-hydrogen) atoms. The van der Waals surface area contributed by atoms with Crippen LogP contribution in [0.15, 0.2) is 61.1 Å². The second-order valence-corrected chi connectivity index (χ2v) is 24.0. The molecule has 1 aliphatic carbocycles. The Kier molecular flexibility index (Phi) is 21.7. The molecular formula is C60H72F10N10O8. The van der Waals surface area contributed by atoms with E-state index in [1.807, 2.05) is 5.32 Å². The number of carbonyl (C=O) groups excluding carboxylic acids is 5. The van der Waals surface area contributed by atoms with Crippen molar-refractivity contribution in [1.82, 2.24) is 40.4 Å². The van der Waals surface area contributed by atoms with Crippen molar-refractivity contribution in [3.05, 3.63) is 94.9 Å². The molecule has 2 amide bonds. The van der Waals surface area contributed by atoms with Gasteiger partial charge in [-0.2, -0.15) is 40.2 Å². The molecule has 2 aliphatic heterocycles. The minimum absolute atomic E-state index is 0.202. The number of aromatic nitrogens is 4. The Morgan fingerprint density at radius 2 is 1.39 bits per heavy atom. The highest BCUT2D eigenvalue weighted by Crippen LogP contribution is 2.46. The average molecular weight is 1250 g/mol. The molecule has 1 saturated carbocycles. The number of fused-ring (bicyclic) bond motifs is 2. The van der Waals surface area contributed by atoms with Crippen LogP contribution in [0.25, 0.3) is 11.3 Å². The van der Waals surface area contributed by atoms with Crippen LogP contribution in [0.5, 0.6) is 0 Å². The van der Waals surface area contributed by atoms with Crippen LogP contribution in [0, 0.1) is 52.1 Å². The number of esters is 2. The Morgan fingerprint density at radius 1 is 0.795 bits per heavy atom. The zero-order chi connectivity index (χ0) is 64.8. The largest absolute Gasteiger partial charge is 0.469 e. The van der Waals surface area contributed by atoms with E-state index in [1.165, 1.54) is 45.2 Å². The van der Waals surface area contributed by atoms with Gasteiger partial charge in [-0.05, 0) is 87.8 Å².